The van der Waals surface area contributed by atoms with Gasteiger partial charge >= 0.3 is 6.18 Å². The lowest BCUT2D eigenvalue weighted by atomic mass is 10.1. The van der Waals surface area contributed by atoms with Gasteiger partial charge in [0.05, 0.1) is 34.4 Å². The molecule has 0 aliphatic rings. The van der Waals surface area contributed by atoms with Crippen molar-refractivity contribution >= 4 is 28.5 Å². The molecule has 0 unspecified atom stereocenters. The number of amides is 1. The lowest BCUT2D eigenvalue weighted by Gasteiger charge is -2.10. The van der Waals surface area contributed by atoms with Gasteiger partial charge in [0.2, 0.25) is 5.91 Å². The molecule has 27 heavy (non-hydrogen) atoms. The summed E-state index contributed by atoms with van der Waals surface area (Å²) in [5.74, 6) is -0.394. The number of aryl methyl sites for hydroxylation is 2. The normalized spacial score (nSPS) is 11.9. The first kappa shape index (κ1) is 19.2. The van der Waals surface area contributed by atoms with E-state index in [1.165, 1.54) is 24.7 Å². The van der Waals surface area contributed by atoms with Crippen LogP contribution in [0.3, 0.4) is 0 Å². The number of nitrogens with one attached hydrogen (secondary N) is 1. The number of fused-ring (bicyclic) bond motifs is 1. The number of carbonyl (C=O) groups excluding carboxylic acids is 1. The standard InChI is InChI=1S/C16H16ClF3N6O/c1-9-5-12(16(18,19)20)14-10(2)24-26(15(14)23-9)8-13(27)21-3-4-25-7-11(17)6-22-25/h5-7H,3-4,8H2,1-2H3,(H,21,27). The maximum Gasteiger partial charge on any atom is 0.417 e. The molecule has 0 radical (unpaired) electrons. The van der Waals surface area contributed by atoms with Crippen LogP contribution in [0.1, 0.15) is 17.0 Å². The number of alkyl halides is 3. The van der Waals surface area contributed by atoms with Crippen molar-refractivity contribution in [2.24, 2.45) is 0 Å². The Morgan fingerprint density at radius 2 is 2.07 bits per heavy atom. The summed E-state index contributed by atoms with van der Waals surface area (Å²) >= 11 is 5.76. The van der Waals surface area contributed by atoms with Crippen LogP contribution in [-0.2, 0) is 24.1 Å². The smallest absolute Gasteiger partial charge is 0.353 e. The fraction of sp³-hybridized carbons (Fsp3) is 0.375. The minimum absolute atomic E-state index is 0.0360. The van der Waals surface area contributed by atoms with Crippen LogP contribution in [0.2, 0.25) is 5.02 Å². The average molecular weight is 401 g/mol. The number of halogens is 4. The molecule has 0 fully saturated rings. The van der Waals surface area contributed by atoms with E-state index in [2.05, 4.69) is 20.5 Å². The molecule has 144 valence electrons. The summed E-state index contributed by atoms with van der Waals surface area (Å²) in [6.07, 6.45) is -1.43. The molecule has 0 atom stereocenters. The molecular formula is C16H16ClF3N6O. The van der Waals surface area contributed by atoms with Gasteiger partial charge in [-0.3, -0.25) is 9.48 Å². The van der Waals surface area contributed by atoms with Gasteiger partial charge in [-0.2, -0.15) is 23.4 Å². The Labute approximate surface area is 157 Å². The molecule has 0 aliphatic carbocycles. The first-order chi connectivity index (χ1) is 12.6. The van der Waals surface area contributed by atoms with E-state index in [1.54, 1.807) is 10.9 Å². The highest BCUT2D eigenvalue weighted by atomic mass is 35.5. The van der Waals surface area contributed by atoms with Crippen LogP contribution in [-0.4, -0.2) is 37.0 Å². The molecule has 3 rings (SSSR count). The highest BCUT2D eigenvalue weighted by Gasteiger charge is 2.35. The average Bonchev–Trinajstić information content (AvgIpc) is 3.10. The molecule has 3 aromatic heterocycles. The third-order valence-electron chi connectivity index (χ3n) is 3.87. The molecule has 7 nitrogen and oxygen atoms in total. The highest BCUT2D eigenvalue weighted by molar-refractivity contribution is 6.30. The lowest BCUT2D eigenvalue weighted by Crippen LogP contribution is -2.31. The second-order valence-electron chi connectivity index (χ2n) is 6.02. The molecule has 0 aliphatic heterocycles. The zero-order chi connectivity index (χ0) is 19.8. The zero-order valence-electron chi connectivity index (χ0n) is 14.5. The zero-order valence-corrected chi connectivity index (χ0v) is 15.3. The van der Waals surface area contributed by atoms with E-state index < -0.39 is 17.6 Å². The quantitative estimate of drug-likeness (QED) is 0.714. The number of nitrogens with zero attached hydrogens (tertiary/aromatic N) is 5. The Kier molecular flexibility index (Phi) is 5.09. The Morgan fingerprint density at radius 1 is 1.33 bits per heavy atom. The van der Waals surface area contributed by atoms with Crippen molar-refractivity contribution in [1.29, 1.82) is 0 Å². The van der Waals surface area contributed by atoms with Crippen LogP contribution >= 0.6 is 11.6 Å². The number of pyridine rings is 1. The van der Waals surface area contributed by atoms with Crippen molar-refractivity contribution in [3.63, 3.8) is 0 Å². The summed E-state index contributed by atoms with van der Waals surface area (Å²) < 4.78 is 42.7. The van der Waals surface area contributed by atoms with E-state index in [4.69, 9.17) is 11.6 Å². The summed E-state index contributed by atoms with van der Waals surface area (Å²) in [7, 11) is 0. The van der Waals surface area contributed by atoms with Gasteiger partial charge < -0.3 is 5.32 Å². The number of hydrogen-bond acceptors (Lipinski definition) is 4. The van der Waals surface area contributed by atoms with Crippen LogP contribution in [0.4, 0.5) is 13.2 Å². The summed E-state index contributed by atoms with van der Waals surface area (Å²) in [5, 5.41) is 11.1. The Morgan fingerprint density at radius 3 is 2.70 bits per heavy atom. The summed E-state index contributed by atoms with van der Waals surface area (Å²) in [6, 6.07) is 0.983. The van der Waals surface area contributed by atoms with Crippen LogP contribution in [0, 0.1) is 13.8 Å². The van der Waals surface area contributed by atoms with Crippen molar-refractivity contribution < 1.29 is 18.0 Å². The van der Waals surface area contributed by atoms with Crippen molar-refractivity contribution in [3.8, 4) is 0 Å². The Balaban J connectivity index is 1.76. The Hall–Kier alpha value is -2.62. The number of rotatable bonds is 5. The molecule has 3 heterocycles. The molecule has 0 saturated heterocycles. The molecule has 0 bridgehead atoms. The SMILES string of the molecule is Cc1cc(C(F)(F)F)c2c(C)nn(CC(=O)NCCn3cc(Cl)cn3)c2n1. The summed E-state index contributed by atoms with van der Waals surface area (Å²) in [6.45, 7) is 3.39. The van der Waals surface area contributed by atoms with Crippen molar-refractivity contribution in [3.05, 3.63) is 40.4 Å². The third-order valence-corrected chi connectivity index (χ3v) is 4.06. The molecular weight excluding hydrogens is 385 g/mol. The molecule has 11 heteroatoms. The molecule has 1 N–H and O–H groups in total. The fourth-order valence-electron chi connectivity index (χ4n) is 2.77. The Bertz CT molecular complexity index is 994. The largest absolute Gasteiger partial charge is 0.417 e. The van der Waals surface area contributed by atoms with Crippen LogP contribution < -0.4 is 5.32 Å². The van der Waals surface area contributed by atoms with E-state index in [-0.39, 0.29) is 35.5 Å². The third kappa shape index (κ3) is 4.21. The van der Waals surface area contributed by atoms with Crippen LogP contribution in [0.25, 0.3) is 11.0 Å². The summed E-state index contributed by atoms with van der Waals surface area (Å²) in [5.41, 5.74) is -0.394. The van der Waals surface area contributed by atoms with Gasteiger partial charge in [0.15, 0.2) is 5.65 Å². The molecule has 0 spiro atoms. The monoisotopic (exact) mass is 400 g/mol. The molecule has 3 aromatic rings. The predicted octanol–water partition coefficient (Wildman–Crippen LogP) is 2.73. The fourth-order valence-corrected chi connectivity index (χ4v) is 2.93. The van der Waals surface area contributed by atoms with Gasteiger partial charge in [0, 0.05) is 18.4 Å². The van der Waals surface area contributed by atoms with Gasteiger partial charge in [-0.15, -0.1) is 0 Å². The maximum absolute atomic E-state index is 13.3. The molecule has 0 aromatic carbocycles. The van der Waals surface area contributed by atoms with E-state index in [1.807, 2.05) is 0 Å². The maximum atomic E-state index is 13.3. The predicted molar refractivity (Wildman–Crippen MR) is 92.3 cm³/mol. The number of carbonyl (C=O) groups is 1. The number of hydrogen-bond donors (Lipinski definition) is 1. The topological polar surface area (TPSA) is 77.6 Å². The first-order valence-corrected chi connectivity index (χ1v) is 8.39. The first-order valence-electron chi connectivity index (χ1n) is 8.02. The van der Waals surface area contributed by atoms with E-state index in [9.17, 15) is 18.0 Å². The lowest BCUT2D eigenvalue weighted by molar-refractivity contribution is -0.136. The second kappa shape index (κ2) is 7.18. The van der Waals surface area contributed by atoms with E-state index in [0.29, 0.717) is 11.6 Å². The van der Waals surface area contributed by atoms with Crippen LogP contribution in [0.15, 0.2) is 18.5 Å². The van der Waals surface area contributed by atoms with E-state index in [0.717, 1.165) is 6.07 Å². The van der Waals surface area contributed by atoms with Gasteiger partial charge in [-0.1, -0.05) is 11.6 Å². The van der Waals surface area contributed by atoms with Crippen molar-refractivity contribution in [2.75, 3.05) is 6.54 Å². The van der Waals surface area contributed by atoms with Crippen molar-refractivity contribution in [2.45, 2.75) is 33.1 Å². The minimum Gasteiger partial charge on any atom is -0.353 e. The molecule has 0 saturated carbocycles. The highest BCUT2D eigenvalue weighted by Crippen LogP contribution is 2.36. The van der Waals surface area contributed by atoms with Gasteiger partial charge in [-0.25, -0.2) is 9.67 Å². The number of aromatic nitrogens is 5. The van der Waals surface area contributed by atoms with Gasteiger partial charge in [0.25, 0.3) is 0 Å². The van der Waals surface area contributed by atoms with E-state index >= 15 is 0 Å². The second-order valence-corrected chi connectivity index (χ2v) is 6.46. The molecule has 1 amide bonds. The summed E-state index contributed by atoms with van der Waals surface area (Å²) in [4.78, 5) is 16.3. The van der Waals surface area contributed by atoms with Crippen LogP contribution in [0.5, 0.6) is 0 Å². The van der Waals surface area contributed by atoms with Gasteiger partial charge in [0.1, 0.15) is 6.54 Å². The van der Waals surface area contributed by atoms with Crippen molar-refractivity contribution in [1.82, 2.24) is 29.9 Å². The van der Waals surface area contributed by atoms with Gasteiger partial charge in [-0.05, 0) is 19.9 Å². The minimum atomic E-state index is -4.53.